The summed E-state index contributed by atoms with van der Waals surface area (Å²) in [6.45, 7) is 2.08. The molecular formula is C7H10O5S2. The van der Waals surface area contributed by atoms with Gasteiger partial charge in [0.2, 0.25) is 0 Å². The second-order valence-corrected chi connectivity index (χ2v) is 5.71. The summed E-state index contributed by atoms with van der Waals surface area (Å²) >= 11 is 0. The number of hydrogen-bond donors (Lipinski definition) is 2. The molecule has 0 fully saturated rings. The molecule has 80 valence electrons. The van der Waals surface area contributed by atoms with E-state index in [4.69, 9.17) is 9.11 Å². The quantitative estimate of drug-likeness (QED) is 0.432. The molecule has 0 saturated carbocycles. The van der Waals surface area contributed by atoms with Crippen LogP contribution < -0.4 is 0 Å². The van der Waals surface area contributed by atoms with Gasteiger partial charge in [-0.1, -0.05) is 35.9 Å². The molecule has 2 N–H and O–H groups in total. The summed E-state index contributed by atoms with van der Waals surface area (Å²) in [7, 11) is -7.87. The van der Waals surface area contributed by atoms with Gasteiger partial charge in [-0.2, -0.15) is 8.42 Å². The zero-order valence-electron chi connectivity index (χ0n) is 7.32. The molecule has 7 heteroatoms. The minimum atomic E-state index is -4.71. The molecule has 0 aliphatic heterocycles. The van der Waals surface area contributed by atoms with Crippen molar-refractivity contribution in [1.82, 2.24) is 0 Å². The highest BCUT2D eigenvalue weighted by molar-refractivity contribution is 8.59. The lowest BCUT2D eigenvalue weighted by Gasteiger charge is -1.82. The van der Waals surface area contributed by atoms with Gasteiger partial charge in [0, 0.05) is 0 Å². The van der Waals surface area contributed by atoms with Gasteiger partial charge in [0.05, 0.1) is 0 Å². The van der Waals surface area contributed by atoms with E-state index in [1.165, 1.54) is 5.56 Å². The Morgan fingerprint density at radius 2 is 1.57 bits per heavy atom. The zero-order valence-corrected chi connectivity index (χ0v) is 8.96. The third-order valence-electron chi connectivity index (χ3n) is 1.12. The molecule has 14 heavy (non-hydrogen) atoms. The Bertz CT molecular complexity index is 384. The standard InChI is InChI=1S/C7H8.H2O5S2/c1-7-5-3-2-4-6-7;1-6(2)7(3,4)5/h2-6H,1H3;(H,1,2)(H,3,4,5). The van der Waals surface area contributed by atoms with E-state index in [1.54, 1.807) is 0 Å². The summed E-state index contributed by atoms with van der Waals surface area (Å²) in [5.74, 6) is 0. The molecule has 1 aromatic rings. The van der Waals surface area contributed by atoms with Crippen LogP contribution in [0.25, 0.3) is 0 Å². The molecular weight excluding hydrogens is 228 g/mol. The molecule has 0 aliphatic rings. The molecule has 0 radical (unpaired) electrons. The van der Waals surface area contributed by atoms with Gasteiger partial charge < -0.3 is 0 Å². The predicted molar refractivity (Wildman–Crippen MR) is 53.5 cm³/mol. The molecule has 0 heterocycles. The predicted octanol–water partition coefficient (Wildman–Crippen LogP) is 1.01. The molecule has 0 spiro atoms. The van der Waals surface area contributed by atoms with E-state index in [0.717, 1.165) is 0 Å². The maximum absolute atomic E-state index is 9.34. The van der Waals surface area contributed by atoms with Gasteiger partial charge in [-0.15, -0.1) is 0 Å². The highest BCUT2D eigenvalue weighted by Gasteiger charge is 2.10. The highest BCUT2D eigenvalue weighted by Crippen LogP contribution is 1.92. The van der Waals surface area contributed by atoms with E-state index < -0.39 is 19.3 Å². The highest BCUT2D eigenvalue weighted by atomic mass is 33.2. The Kier molecular flexibility index (Phi) is 5.55. The van der Waals surface area contributed by atoms with Crippen molar-refractivity contribution in [2.24, 2.45) is 0 Å². The van der Waals surface area contributed by atoms with E-state index in [9.17, 15) is 12.6 Å². The summed E-state index contributed by atoms with van der Waals surface area (Å²) in [4.78, 5) is 0. The van der Waals surface area contributed by atoms with E-state index in [1.807, 2.05) is 18.2 Å². The Morgan fingerprint density at radius 3 is 1.71 bits per heavy atom. The first-order chi connectivity index (χ1) is 6.34. The third-order valence-corrected chi connectivity index (χ3v) is 2.56. The fourth-order valence-electron chi connectivity index (χ4n) is 0.534. The lowest BCUT2D eigenvalue weighted by molar-refractivity contribution is 0.488. The van der Waals surface area contributed by atoms with E-state index in [-0.39, 0.29) is 0 Å². The fourth-order valence-corrected chi connectivity index (χ4v) is 0.534. The number of rotatable bonds is 1. The van der Waals surface area contributed by atoms with Crippen LogP contribution in [-0.2, 0) is 19.3 Å². The van der Waals surface area contributed by atoms with Crippen LogP contribution in [0.1, 0.15) is 5.56 Å². The lowest BCUT2D eigenvalue weighted by Crippen LogP contribution is -2.03. The average molecular weight is 238 g/mol. The number of hydrogen-bond acceptors (Lipinski definition) is 3. The van der Waals surface area contributed by atoms with Crippen LogP contribution in [-0.4, -0.2) is 21.7 Å². The molecule has 1 rings (SSSR count). The molecule has 1 unspecified atom stereocenters. The van der Waals surface area contributed by atoms with Gasteiger partial charge in [-0.05, 0) is 6.92 Å². The topological polar surface area (TPSA) is 91.7 Å². The van der Waals surface area contributed by atoms with Crippen LogP contribution in [0, 0.1) is 6.92 Å². The van der Waals surface area contributed by atoms with E-state index >= 15 is 0 Å². The van der Waals surface area contributed by atoms with Crippen LogP contribution >= 0.6 is 0 Å². The van der Waals surface area contributed by atoms with Gasteiger partial charge in [-0.25, -0.2) is 4.21 Å². The molecule has 0 aromatic heterocycles. The van der Waals surface area contributed by atoms with Gasteiger partial charge in [-0.3, -0.25) is 9.11 Å². The number of aryl methyl sites for hydroxylation is 1. The van der Waals surface area contributed by atoms with E-state index in [0.29, 0.717) is 0 Å². The smallest absolute Gasteiger partial charge is 0.292 e. The van der Waals surface area contributed by atoms with Crippen molar-refractivity contribution < 1.29 is 21.7 Å². The first-order valence-corrected chi connectivity index (χ1v) is 6.51. The Hall–Kier alpha value is -0.760. The molecule has 1 atom stereocenters. The second-order valence-electron chi connectivity index (χ2n) is 2.30. The van der Waals surface area contributed by atoms with Gasteiger partial charge in [0.1, 0.15) is 0 Å². The van der Waals surface area contributed by atoms with Crippen molar-refractivity contribution in [3.05, 3.63) is 35.9 Å². The van der Waals surface area contributed by atoms with Crippen molar-refractivity contribution >= 4 is 19.3 Å². The average Bonchev–Trinajstić information content (AvgIpc) is 2.04. The monoisotopic (exact) mass is 238 g/mol. The van der Waals surface area contributed by atoms with E-state index in [2.05, 4.69) is 19.1 Å². The van der Waals surface area contributed by atoms with Crippen molar-refractivity contribution in [1.29, 1.82) is 0 Å². The molecule has 1 aromatic carbocycles. The first-order valence-electron chi connectivity index (χ1n) is 3.44. The summed E-state index contributed by atoms with van der Waals surface area (Å²) in [6.07, 6.45) is 0. The van der Waals surface area contributed by atoms with Crippen LogP contribution in [0.4, 0.5) is 0 Å². The largest absolute Gasteiger partial charge is 0.373 e. The molecule has 5 nitrogen and oxygen atoms in total. The maximum atomic E-state index is 9.34. The van der Waals surface area contributed by atoms with Crippen LogP contribution in [0.2, 0.25) is 0 Å². The lowest BCUT2D eigenvalue weighted by atomic mass is 10.2. The van der Waals surface area contributed by atoms with Crippen molar-refractivity contribution in [2.45, 2.75) is 6.92 Å². The SMILES string of the molecule is Cc1ccccc1.O=S(O)S(=O)(=O)O. The summed E-state index contributed by atoms with van der Waals surface area (Å²) in [5, 5.41) is 0. The second kappa shape index (κ2) is 5.86. The van der Waals surface area contributed by atoms with Gasteiger partial charge in [0.25, 0.3) is 0 Å². The first kappa shape index (κ1) is 13.2. The van der Waals surface area contributed by atoms with Crippen molar-refractivity contribution in [2.75, 3.05) is 0 Å². The minimum absolute atomic E-state index is 1.32. The van der Waals surface area contributed by atoms with Crippen LogP contribution in [0.3, 0.4) is 0 Å². The summed E-state index contributed by atoms with van der Waals surface area (Å²) < 4.78 is 43.0. The molecule has 0 bridgehead atoms. The maximum Gasteiger partial charge on any atom is 0.373 e. The normalized spacial score (nSPS) is 12.5. The molecule has 0 saturated heterocycles. The number of benzene rings is 1. The van der Waals surface area contributed by atoms with Crippen LogP contribution in [0.15, 0.2) is 30.3 Å². The Labute approximate surface area is 84.2 Å². The molecule has 0 amide bonds. The Morgan fingerprint density at radius 1 is 1.21 bits per heavy atom. The zero-order chi connectivity index (χ0) is 11.2. The Balaban J connectivity index is 0.000000241. The summed E-state index contributed by atoms with van der Waals surface area (Å²) in [5.41, 5.74) is 1.32. The van der Waals surface area contributed by atoms with Crippen molar-refractivity contribution in [3.63, 3.8) is 0 Å². The third kappa shape index (κ3) is 6.72. The minimum Gasteiger partial charge on any atom is -0.292 e. The van der Waals surface area contributed by atoms with Crippen LogP contribution in [0.5, 0.6) is 0 Å². The van der Waals surface area contributed by atoms with Crippen molar-refractivity contribution in [3.8, 4) is 0 Å². The van der Waals surface area contributed by atoms with Gasteiger partial charge in [0.15, 0.2) is 0 Å². The fraction of sp³-hybridized carbons (Fsp3) is 0.143. The molecule has 0 aliphatic carbocycles. The summed E-state index contributed by atoms with van der Waals surface area (Å²) in [6, 6.07) is 10.3. The van der Waals surface area contributed by atoms with Gasteiger partial charge >= 0.3 is 19.3 Å².